The van der Waals surface area contributed by atoms with E-state index in [-0.39, 0.29) is 0 Å². The first kappa shape index (κ1) is 18.2. The molecule has 0 unspecified atom stereocenters. The average molecular weight is 314 g/mol. The van der Waals surface area contributed by atoms with Crippen molar-refractivity contribution in [3.63, 3.8) is 0 Å². The van der Waals surface area contributed by atoms with E-state index in [4.69, 9.17) is 0 Å². The number of hydrogen-bond donors (Lipinski definition) is 0. The van der Waals surface area contributed by atoms with E-state index in [2.05, 4.69) is 0 Å². The number of hydrogen-bond acceptors (Lipinski definition) is 1. The Labute approximate surface area is 97.9 Å². The maximum atomic E-state index is 12.5. The third-order valence-corrected chi connectivity index (χ3v) is 1.77. The van der Waals surface area contributed by atoms with Crippen LogP contribution in [0.5, 0.6) is 0 Å². The van der Waals surface area contributed by atoms with Crippen LogP contribution in [0, 0.1) is 0 Å². The molecule has 19 heavy (non-hydrogen) atoms. The molecule has 0 radical (unpaired) electrons. The number of ether oxygens (including phenoxy) is 1. The van der Waals surface area contributed by atoms with Crippen molar-refractivity contribution in [3.05, 3.63) is 0 Å². The van der Waals surface area contributed by atoms with E-state index >= 15 is 0 Å². The summed E-state index contributed by atoms with van der Waals surface area (Å²) in [4.78, 5) is 0. The summed E-state index contributed by atoms with van der Waals surface area (Å²) in [5.74, 6) is -18.0. The maximum absolute atomic E-state index is 12.5. The Morgan fingerprint density at radius 3 is 1.37 bits per heavy atom. The summed E-state index contributed by atoms with van der Waals surface area (Å²) in [6, 6.07) is 0. The predicted octanol–water partition coefficient (Wildman–Crippen LogP) is 4.08. The van der Waals surface area contributed by atoms with Crippen molar-refractivity contribution >= 4 is 0 Å². The van der Waals surface area contributed by atoms with Crippen LogP contribution >= 0.6 is 0 Å². The zero-order valence-corrected chi connectivity index (χ0v) is 8.77. The summed E-state index contributed by atoms with van der Waals surface area (Å²) in [6.45, 7) is -4.00. The van der Waals surface area contributed by atoms with Gasteiger partial charge in [-0.25, -0.2) is 9.13 Å². The normalized spacial score (nSPS) is 15.8. The van der Waals surface area contributed by atoms with Crippen LogP contribution in [0.4, 0.5) is 48.3 Å². The molecule has 0 amide bonds. The molecule has 0 aromatic carbocycles. The highest BCUT2D eigenvalue weighted by Gasteiger charge is 2.75. The second kappa shape index (κ2) is 4.63. The van der Waals surface area contributed by atoms with E-state index in [0.717, 1.165) is 0 Å². The minimum Gasteiger partial charge on any atom is -0.245 e. The van der Waals surface area contributed by atoms with Crippen molar-refractivity contribution in [2.75, 3.05) is 6.67 Å². The molecule has 0 aliphatic rings. The summed E-state index contributed by atoms with van der Waals surface area (Å²) in [7, 11) is 0. The van der Waals surface area contributed by atoms with Gasteiger partial charge >= 0.3 is 30.0 Å². The van der Waals surface area contributed by atoms with Gasteiger partial charge in [0.2, 0.25) is 0 Å². The fourth-order valence-corrected chi connectivity index (χ4v) is 0.633. The third kappa shape index (κ3) is 3.20. The molecule has 0 aliphatic carbocycles. The number of alkyl halides is 11. The molecule has 0 aromatic heterocycles. The molecule has 0 saturated carbocycles. The lowest BCUT2D eigenvalue weighted by Crippen LogP contribution is -2.59. The second-order valence-electron chi connectivity index (χ2n) is 3.44. The summed E-state index contributed by atoms with van der Waals surface area (Å²) in [6.07, 6.45) is -13.1. The molecule has 0 N–H and O–H groups in total. The lowest BCUT2D eigenvalue weighted by molar-refractivity contribution is -0.485. The topological polar surface area (TPSA) is 9.23 Å². The Hall–Kier alpha value is -0.810. The van der Waals surface area contributed by atoms with Crippen molar-refractivity contribution in [2.45, 2.75) is 36.9 Å². The largest absolute Gasteiger partial charge is 0.430 e. The summed E-state index contributed by atoms with van der Waals surface area (Å²) < 4.78 is 136. The van der Waals surface area contributed by atoms with Gasteiger partial charge in [-0.3, -0.25) is 0 Å². The minimum atomic E-state index is -6.66. The van der Waals surface area contributed by atoms with Crippen LogP contribution < -0.4 is 0 Å². The van der Waals surface area contributed by atoms with Crippen molar-refractivity contribution in [2.24, 2.45) is 0 Å². The Bertz CT molecular complexity index is 317. The standard InChI is InChI=1S/C7H5F11O/c1-3(9,10)5(13,14)7(17,18)19-6(15,16)4(11,12)2-8/h2H2,1H3. The summed E-state index contributed by atoms with van der Waals surface area (Å²) in [5.41, 5.74) is 0. The molecule has 0 spiro atoms. The van der Waals surface area contributed by atoms with Crippen LogP contribution in [-0.4, -0.2) is 36.7 Å². The van der Waals surface area contributed by atoms with Gasteiger partial charge in [-0.05, 0) is 0 Å². The van der Waals surface area contributed by atoms with Crippen molar-refractivity contribution in [1.29, 1.82) is 0 Å². The fraction of sp³-hybridized carbons (Fsp3) is 1.00. The van der Waals surface area contributed by atoms with E-state index in [9.17, 15) is 48.3 Å². The average Bonchev–Trinajstić information content (AvgIpc) is 2.13. The molecular formula is C7H5F11O. The molecule has 12 heteroatoms. The van der Waals surface area contributed by atoms with Gasteiger partial charge in [0, 0.05) is 6.92 Å². The van der Waals surface area contributed by atoms with E-state index < -0.39 is 43.6 Å². The van der Waals surface area contributed by atoms with Crippen molar-refractivity contribution < 1.29 is 53.0 Å². The first-order valence-electron chi connectivity index (χ1n) is 4.17. The van der Waals surface area contributed by atoms with Crippen LogP contribution in [-0.2, 0) is 4.74 Å². The van der Waals surface area contributed by atoms with Gasteiger partial charge in [-0.1, -0.05) is 0 Å². The van der Waals surface area contributed by atoms with Crippen LogP contribution in [0.15, 0.2) is 0 Å². The lowest BCUT2D eigenvalue weighted by atomic mass is 10.2. The highest BCUT2D eigenvalue weighted by atomic mass is 19.4. The quantitative estimate of drug-likeness (QED) is 0.671. The Balaban J connectivity index is 5.39. The lowest BCUT2D eigenvalue weighted by Gasteiger charge is -2.34. The predicted molar refractivity (Wildman–Crippen MR) is 37.5 cm³/mol. The molecule has 0 fully saturated rings. The van der Waals surface area contributed by atoms with Gasteiger partial charge in [0.15, 0.2) is 6.67 Å². The SMILES string of the molecule is CC(F)(F)C(F)(F)C(F)(F)OC(F)(F)C(F)(F)CF. The smallest absolute Gasteiger partial charge is 0.245 e. The van der Waals surface area contributed by atoms with Crippen LogP contribution in [0.2, 0.25) is 0 Å². The van der Waals surface area contributed by atoms with Crippen molar-refractivity contribution in [3.8, 4) is 0 Å². The zero-order valence-electron chi connectivity index (χ0n) is 8.77. The highest BCUT2D eigenvalue weighted by Crippen LogP contribution is 2.50. The van der Waals surface area contributed by atoms with E-state index in [1.807, 2.05) is 0 Å². The van der Waals surface area contributed by atoms with Crippen LogP contribution in [0.25, 0.3) is 0 Å². The van der Waals surface area contributed by atoms with Crippen LogP contribution in [0.3, 0.4) is 0 Å². The molecule has 0 aliphatic heterocycles. The molecule has 116 valence electrons. The van der Waals surface area contributed by atoms with E-state index in [1.165, 1.54) is 0 Å². The first-order chi connectivity index (χ1) is 8.02. The van der Waals surface area contributed by atoms with E-state index in [0.29, 0.717) is 0 Å². The van der Waals surface area contributed by atoms with Gasteiger partial charge in [0.1, 0.15) is 0 Å². The van der Waals surface area contributed by atoms with Gasteiger partial charge in [0.05, 0.1) is 0 Å². The molecule has 0 saturated heterocycles. The number of rotatable bonds is 6. The Morgan fingerprint density at radius 1 is 0.737 bits per heavy atom. The second-order valence-corrected chi connectivity index (χ2v) is 3.44. The minimum absolute atomic E-state index is 0.768. The zero-order chi connectivity index (χ0) is 15.9. The number of halogens is 11. The van der Waals surface area contributed by atoms with Gasteiger partial charge in [-0.2, -0.15) is 43.9 Å². The highest BCUT2D eigenvalue weighted by molar-refractivity contribution is 4.90. The van der Waals surface area contributed by atoms with Crippen molar-refractivity contribution in [1.82, 2.24) is 0 Å². The maximum Gasteiger partial charge on any atom is 0.430 e. The Morgan fingerprint density at radius 2 is 1.11 bits per heavy atom. The Kier molecular flexibility index (Phi) is 4.43. The van der Waals surface area contributed by atoms with Gasteiger partial charge < -0.3 is 0 Å². The molecule has 0 bridgehead atoms. The summed E-state index contributed by atoms with van der Waals surface area (Å²) >= 11 is 0. The third-order valence-electron chi connectivity index (χ3n) is 1.77. The first-order valence-corrected chi connectivity index (χ1v) is 4.17. The summed E-state index contributed by atoms with van der Waals surface area (Å²) in [5, 5.41) is 0. The van der Waals surface area contributed by atoms with Crippen LogP contribution in [0.1, 0.15) is 6.92 Å². The molecule has 0 aromatic rings. The molecule has 0 heterocycles. The molecule has 0 rings (SSSR count). The molecule has 0 atom stereocenters. The van der Waals surface area contributed by atoms with E-state index in [1.54, 1.807) is 4.74 Å². The van der Waals surface area contributed by atoms with Gasteiger partial charge in [0.25, 0.3) is 0 Å². The molecular weight excluding hydrogens is 309 g/mol. The monoisotopic (exact) mass is 314 g/mol. The van der Waals surface area contributed by atoms with Gasteiger partial charge in [-0.15, -0.1) is 0 Å². The fourth-order valence-electron chi connectivity index (χ4n) is 0.633. The molecule has 1 nitrogen and oxygen atoms in total.